The van der Waals surface area contributed by atoms with Crippen LogP contribution in [0, 0.1) is 5.41 Å². The highest BCUT2D eigenvalue weighted by Crippen LogP contribution is 2.11. The summed E-state index contributed by atoms with van der Waals surface area (Å²) in [5.41, 5.74) is 12.5. The summed E-state index contributed by atoms with van der Waals surface area (Å²) in [6, 6.07) is 4.88. The molecule has 4 nitrogen and oxygen atoms in total. The van der Waals surface area contributed by atoms with Crippen LogP contribution < -0.4 is 11.5 Å². The van der Waals surface area contributed by atoms with Crippen LogP contribution in [-0.4, -0.2) is 10.9 Å². The van der Waals surface area contributed by atoms with E-state index in [1.165, 1.54) is 0 Å². The van der Waals surface area contributed by atoms with E-state index in [0.29, 0.717) is 16.8 Å². The molecular formula is C8H11N3O. The van der Waals surface area contributed by atoms with Crippen molar-refractivity contribution in [2.45, 2.75) is 6.61 Å². The van der Waals surface area contributed by atoms with E-state index in [9.17, 15) is 0 Å². The number of anilines is 1. The quantitative estimate of drug-likeness (QED) is 0.283. The number of nitrogens with two attached hydrogens (primary N) is 2. The lowest BCUT2D eigenvalue weighted by Crippen LogP contribution is -2.11. The van der Waals surface area contributed by atoms with E-state index >= 15 is 0 Å². The Morgan fingerprint density at radius 3 is 2.58 bits per heavy atom. The minimum atomic E-state index is -0.0919. The largest absolute Gasteiger partial charge is 0.399 e. The number of aliphatic hydroxyl groups is 1. The molecule has 4 heteroatoms. The van der Waals surface area contributed by atoms with Crippen LogP contribution in [0.3, 0.4) is 0 Å². The average molecular weight is 165 g/mol. The molecule has 1 aromatic carbocycles. The van der Waals surface area contributed by atoms with Gasteiger partial charge in [0.05, 0.1) is 6.61 Å². The van der Waals surface area contributed by atoms with Crippen molar-refractivity contribution in [3.05, 3.63) is 29.3 Å². The number of hydrogen-bond acceptors (Lipinski definition) is 3. The average Bonchev–Trinajstić information content (AvgIpc) is 2.03. The van der Waals surface area contributed by atoms with Crippen molar-refractivity contribution in [2.75, 3.05) is 5.73 Å². The van der Waals surface area contributed by atoms with Crippen LogP contribution in [0.1, 0.15) is 11.1 Å². The monoisotopic (exact) mass is 165 g/mol. The van der Waals surface area contributed by atoms with Gasteiger partial charge in [0.1, 0.15) is 5.84 Å². The number of hydrogen-bond donors (Lipinski definition) is 4. The van der Waals surface area contributed by atoms with Crippen LogP contribution in [0.4, 0.5) is 5.69 Å². The molecule has 0 amide bonds. The lowest BCUT2D eigenvalue weighted by Gasteiger charge is -2.03. The molecule has 0 bridgehead atoms. The van der Waals surface area contributed by atoms with E-state index in [4.69, 9.17) is 22.0 Å². The summed E-state index contributed by atoms with van der Waals surface area (Å²) in [5.74, 6) is -0.0444. The second-order valence-electron chi connectivity index (χ2n) is 2.54. The van der Waals surface area contributed by atoms with Gasteiger partial charge in [-0.15, -0.1) is 0 Å². The topological polar surface area (TPSA) is 96.1 Å². The molecule has 0 radical (unpaired) electrons. The Morgan fingerprint density at radius 2 is 2.08 bits per heavy atom. The van der Waals surface area contributed by atoms with Gasteiger partial charge in [0.25, 0.3) is 0 Å². The van der Waals surface area contributed by atoms with Crippen LogP contribution in [-0.2, 0) is 6.61 Å². The Balaban J connectivity index is 3.15. The van der Waals surface area contributed by atoms with Crippen molar-refractivity contribution in [3.63, 3.8) is 0 Å². The first-order chi connectivity index (χ1) is 5.63. The van der Waals surface area contributed by atoms with Gasteiger partial charge in [-0.25, -0.2) is 0 Å². The van der Waals surface area contributed by atoms with Crippen LogP contribution in [0.25, 0.3) is 0 Å². The van der Waals surface area contributed by atoms with Crippen molar-refractivity contribution in [1.82, 2.24) is 0 Å². The first kappa shape index (κ1) is 8.55. The normalized spacial score (nSPS) is 9.75. The summed E-state index contributed by atoms with van der Waals surface area (Å²) < 4.78 is 0. The molecule has 0 saturated carbocycles. The van der Waals surface area contributed by atoms with Gasteiger partial charge in [-0.1, -0.05) is 0 Å². The molecule has 1 aromatic rings. The SMILES string of the molecule is N=C(N)c1cc(N)cc(CO)c1. The summed E-state index contributed by atoms with van der Waals surface area (Å²) in [7, 11) is 0. The van der Waals surface area contributed by atoms with Gasteiger partial charge in [-0.2, -0.15) is 0 Å². The van der Waals surface area contributed by atoms with E-state index in [-0.39, 0.29) is 12.4 Å². The zero-order valence-corrected chi connectivity index (χ0v) is 6.54. The number of amidine groups is 1. The Bertz CT molecular complexity index is 309. The molecule has 0 aromatic heterocycles. The van der Waals surface area contributed by atoms with E-state index in [1.54, 1.807) is 18.2 Å². The Labute approximate surface area is 70.3 Å². The van der Waals surface area contributed by atoms with E-state index in [0.717, 1.165) is 0 Å². The molecule has 0 spiro atoms. The van der Waals surface area contributed by atoms with Crippen molar-refractivity contribution in [3.8, 4) is 0 Å². The summed E-state index contributed by atoms with van der Waals surface area (Å²) in [6.45, 7) is -0.0919. The third kappa shape index (κ3) is 1.73. The standard InChI is InChI=1S/C8H11N3O/c9-7-2-5(4-12)1-6(3-7)8(10)11/h1-3,12H,4,9H2,(H3,10,11). The molecular weight excluding hydrogens is 154 g/mol. The molecule has 0 heterocycles. The Hall–Kier alpha value is -1.55. The van der Waals surface area contributed by atoms with Crippen LogP contribution in [0.15, 0.2) is 18.2 Å². The highest BCUT2D eigenvalue weighted by atomic mass is 16.3. The van der Waals surface area contributed by atoms with Crippen molar-refractivity contribution in [2.24, 2.45) is 5.73 Å². The van der Waals surface area contributed by atoms with Gasteiger partial charge in [0.15, 0.2) is 0 Å². The number of aliphatic hydroxyl groups excluding tert-OH is 1. The predicted molar refractivity (Wildman–Crippen MR) is 47.8 cm³/mol. The first-order valence-electron chi connectivity index (χ1n) is 3.48. The lowest BCUT2D eigenvalue weighted by atomic mass is 10.1. The van der Waals surface area contributed by atoms with Crippen molar-refractivity contribution < 1.29 is 5.11 Å². The minimum absolute atomic E-state index is 0.0444. The number of nitrogen functional groups attached to an aromatic ring is 2. The Morgan fingerprint density at radius 1 is 1.42 bits per heavy atom. The second-order valence-corrected chi connectivity index (χ2v) is 2.54. The predicted octanol–water partition coefficient (Wildman–Crippen LogP) is 0.0452. The van der Waals surface area contributed by atoms with E-state index < -0.39 is 0 Å². The molecule has 0 unspecified atom stereocenters. The molecule has 6 N–H and O–H groups in total. The molecule has 0 aliphatic carbocycles. The molecule has 0 fully saturated rings. The fraction of sp³-hybridized carbons (Fsp3) is 0.125. The van der Waals surface area contributed by atoms with Crippen LogP contribution in [0.2, 0.25) is 0 Å². The molecule has 12 heavy (non-hydrogen) atoms. The van der Waals surface area contributed by atoms with E-state index in [1.807, 2.05) is 0 Å². The van der Waals surface area contributed by atoms with Gasteiger partial charge < -0.3 is 16.6 Å². The van der Waals surface area contributed by atoms with Gasteiger partial charge in [-0.3, -0.25) is 5.41 Å². The number of rotatable bonds is 2. The van der Waals surface area contributed by atoms with Gasteiger partial charge in [-0.05, 0) is 23.8 Å². The zero-order chi connectivity index (χ0) is 9.14. The Kier molecular flexibility index (Phi) is 2.30. The summed E-state index contributed by atoms with van der Waals surface area (Å²) in [6.07, 6.45) is 0. The number of benzene rings is 1. The van der Waals surface area contributed by atoms with E-state index in [2.05, 4.69) is 0 Å². The molecule has 0 aliphatic rings. The fourth-order valence-corrected chi connectivity index (χ4v) is 0.965. The highest BCUT2D eigenvalue weighted by molar-refractivity contribution is 5.95. The van der Waals surface area contributed by atoms with Crippen LogP contribution >= 0.6 is 0 Å². The third-order valence-electron chi connectivity index (χ3n) is 1.51. The number of nitrogens with one attached hydrogen (secondary N) is 1. The first-order valence-corrected chi connectivity index (χ1v) is 3.48. The van der Waals surface area contributed by atoms with Crippen LogP contribution in [0.5, 0.6) is 0 Å². The molecule has 1 rings (SSSR count). The molecule has 0 atom stereocenters. The molecule has 0 saturated heterocycles. The lowest BCUT2D eigenvalue weighted by molar-refractivity contribution is 0.282. The highest BCUT2D eigenvalue weighted by Gasteiger charge is 1.99. The summed E-state index contributed by atoms with van der Waals surface area (Å²) in [4.78, 5) is 0. The maximum atomic E-state index is 8.80. The smallest absolute Gasteiger partial charge is 0.122 e. The minimum Gasteiger partial charge on any atom is -0.399 e. The van der Waals surface area contributed by atoms with Gasteiger partial charge in [0.2, 0.25) is 0 Å². The van der Waals surface area contributed by atoms with Crippen molar-refractivity contribution in [1.29, 1.82) is 5.41 Å². The zero-order valence-electron chi connectivity index (χ0n) is 6.54. The van der Waals surface area contributed by atoms with Gasteiger partial charge >= 0.3 is 0 Å². The second kappa shape index (κ2) is 3.23. The molecule has 0 aliphatic heterocycles. The van der Waals surface area contributed by atoms with Gasteiger partial charge in [0, 0.05) is 11.3 Å². The summed E-state index contributed by atoms with van der Waals surface area (Å²) in [5, 5.41) is 15.9. The maximum Gasteiger partial charge on any atom is 0.122 e. The third-order valence-corrected chi connectivity index (χ3v) is 1.51. The maximum absolute atomic E-state index is 8.80. The fourth-order valence-electron chi connectivity index (χ4n) is 0.965. The molecule has 64 valence electrons. The summed E-state index contributed by atoms with van der Waals surface area (Å²) >= 11 is 0. The van der Waals surface area contributed by atoms with Crippen molar-refractivity contribution >= 4 is 11.5 Å².